The van der Waals surface area contributed by atoms with Gasteiger partial charge in [0, 0.05) is 17.2 Å². The first-order valence-electron chi connectivity index (χ1n) is 7.51. The van der Waals surface area contributed by atoms with Crippen LogP contribution in [0.25, 0.3) is 22.6 Å². The lowest BCUT2D eigenvalue weighted by Gasteiger charge is -2.04. The number of ether oxygens (including phenoxy) is 1. The Balaban J connectivity index is 1.72. The molecule has 0 atom stereocenters. The smallest absolute Gasteiger partial charge is 0.228 e. The van der Waals surface area contributed by atoms with Crippen LogP contribution >= 0.6 is 0 Å². The van der Waals surface area contributed by atoms with Gasteiger partial charge in [-0.15, -0.1) is 0 Å². The van der Waals surface area contributed by atoms with Crippen molar-refractivity contribution in [3.8, 4) is 23.0 Å². The van der Waals surface area contributed by atoms with Gasteiger partial charge in [-0.2, -0.15) is 0 Å². The number of carbonyl (C=O) groups is 1. The number of oxazole rings is 1. The zero-order valence-electron chi connectivity index (χ0n) is 12.7. The fourth-order valence-electron chi connectivity index (χ4n) is 2.51. The molecule has 0 saturated heterocycles. The van der Waals surface area contributed by atoms with Gasteiger partial charge in [0.2, 0.25) is 5.89 Å². The maximum atomic E-state index is 11.2. The number of hydrogen-bond donors (Lipinski definition) is 0. The summed E-state index contributed by atoms with van der Waals surface area (Å²) >= 11 is 0. The van der Waals surface area contributed by atoms with E-state index in [-0.39, 0.29) is 0 Å². The molecular formula is C20H13NO3. The molecule has 0 saturated carbocycles. The summed E-state index contributed by atoms with van der Waals surface area (Å²) in [6.45, 7) is 0. The third-order valence-corrected chi connectivity index (χ3v) is 3.66. The van der Waals surface area contributed by atoms with E-state index < -0.39 is 0 Å². The van der Waals surface area contributed by atoms with E-state index in [9.17, 15) is 4.79 Å². The van der Waals surface area contributed by atoms with Crippen LogP contribution in [0.1, 0.15) is 10.4 Å². The molecule has 4 heteroatoms. The molecule has 4 rings (SSSR count). The van der Waals surface area contributed by atoms with Gasteiger partial charge < -0.3 is 9.15 Å². The zero-order valence-corrected chi connectivity index (χ0v) is 12.7. The molecule has 116 valence electrons. The number of aromatic nitrogens is 1. The predicted octanol–water partition coefficient (Wildman–Crippen LogP) is 5.10. The van der Waals surface area contributed by atoms with Crippen molar-refractivity contribution in [3.63, 3.8) is 0 Å². The summed E-state index contributed by atoms with van der Waals surface area (Å²) in [6, 6.07) is 22.2. The van der Waals surface area contributed by atoms with Crippen molar-refractivity contribution in [2.24, 2.45) is 0 Å². The quantitative estimate of drug-likeness (QED) is 0.492. The Morgan fingerprint density at radius 1 is 0.875 bits per heavy atom. The highest BCUT2D eigenvalue weighted by Crippen LogP contribution is 2.30. The van der Waals surface area contributed by atoms with E-state index in [2.05, 4.69) is 4.98 Å². The van der Waals surface area contributed by atoms with Crippen LogP contribution in [-0.2, 0) is 0 Å². The molecule has 0 radical (unpaired) electrons. The van der Waals surface area contributed by atoms with Gasteiger partial charge in [0.15, 0.2) is 11.9 Å². The highest BCUT2D eigenvalue weighted by atomic mass is 16.5. The maximum absolute atomic E-state index is 11.2. The number of para-hydroxylation sites is 1. The van der Waals surface area contributed by atoms with E-state index in [0.717, 1.165) is 12.0 Å². The van der Waals surface area contributed by atoms with Gasteiger partial charge >= 0.3 is 0 Å². The third-order valence-electron chi connectivity index (χ3n) is 3.66. The van der Waals surface area contributed by atoms with Crippen LogP contribution in [0.4, 0.5) is 0 Å². The Labute approximate surface area is 138 Å². The van der Waals surface area contributed by atoms with Gasteiger partial charge in [0.25, 0.3) is 0 Å². The van der Waals surface area contributed by atoms with E-state index in [1.165, 1.54) is 0 Å². The molecule has 0 N–H and O–H groups in total. The van der Waals surface area contributed by atoms with E-state index >= 15 is 0 Å². The van der Waals surface area contributed by atoms with E-state index in [1.807, 2.05) is 66.7 Å². The van der Waals surface area contributed by atoms with Crippen LogP contribution in [-0.4, -0.2) is 11.3 Å². The highest BCUT2D eigenvalue weighted by molar-refractivity contribution is 5.87. The molecule has 0 unspecified atom stereocenters. The largest absolute Gasteiger partial charge is 0.457 e. The minimum atomic E-state index is 0.421. The fraction of sp³-hybridized carbons (Fsp3) is 0. The standard InChI is InChI=1S/C20H13NO3/c22-13-14-6-4-5-9-17(14)20-21-18-12-16(10-11-19(18)24-20)23-15-7-2-1-3-8-15/h1-13H. The summed E-state index contributed by atoms with van der Waals surface area (Å²) < 4.78 is 11.6. The first kappa shape index (κ1) is 14.2. The summed E-state index contributed by atoms with van der Waals surface area (Å²) in [5.41, 5.74) is 2.55. The van der Waals surface area contributed by atoms with Crippen molar-refractivity contribution < 1.29 is 13.9 Å². The molecule has 4 nitrogen and oxygen atoms in total. The van der Waals surface area contributed by atoms with E-state index in [4.69, 9.17) is 9.15 Å². The number of hydrogen-bond acceptors (Lipinski definition) is 4. The third kappa shape index (κ3) is 2.65. The Bertz CT molecular complexity index is 1010. The zero-order chi connectivity index (χ0) is 16.4. The lowest BCUT2D eigenvalue weighted by molar-refractivity contribution is 0.112. The van der Waals surface area contributed by atoms with Crippen LogP contribution in [0.5, 0.6) is 11.5 Å². The molecular weight excluding hydrogens is 302 g/mol. The highest BCUT2D eigenvalue weighted by Gasteiger charge is 2.12. The predicted molar refractivity (Wildman–Crippen MR) is 91.3 cm³/mol. The van der Waals surface area contributed by atoms with Gasteiger partial charge in [-0.3, -0.25) is 4.79 Å². The summed E-state index contributed by atoms with van der Waals surface area (Å²) in [7, 11) is 0. The summed E-state index contributed by atoms with van der Waals surface area (Å²) in [5.74, 6) is 1.86. The van der Waals surface area contributed by atoms with Crippen LogP contribution in [0, 0.1) is 0 Å². The number of rotatable bonds is 4. The lowest BCUT2D eigenvalue weighted by Crippen LogP contribution is -1.86. The summed E-state index contributed by atoms with van der Waals surface area (Å²) in [5, 5.41) is 0. The van der Waals surface area contributed by atoms with Crippen molar-refractivity contribution in [2.75, 3.05) is 0 Å². The van der Waals surface area contributed by atoms with Gasteiger partial charge in [0.05, 0.1) is 0 Å². The monoisotopic (exact) mass is 315 g/mol. The van der Waals surface area contributed by atoms with Crippen LogP contribution < -0.4 is 4.74 Å². The molecule has 1 heterocycles. The van der Waals surface area contributed by atoms with Gasteiger partial charge in [-0.05, 0) is 30.3 Å². The number of benzene rings is 3. The molecule has 1 aromatic heterocycles. The van der Waals surface area contributed by atoms with E-state index in [1.54, 1.807) is 6.07 Å². The number of aldehydes is 1. The molecule has 0 aliphatic heterocycles. The molecule has 24 heavy (non-hydrogen) atoms. The van der Waals surface area contributed by atoms with Crippen molar-refractivity contribution in [1.82, 2.24) is 4.98 Å². The average Bonchev–Trinajstić information content (AvgIpc) is 3.05. The molecule has 0 fully saturated rings. The number of fused-ring (bicyclic) bond motifs is 1. The topological polar surface area (TPSA) is 52.3 Å². The normalized spacial score (nSPS) is 10.7. The number of nitrogens with zero attached hydrogens (tertiary/aromatic N) is 1. The van der Waals surface area contributed by atoms with Crippen molar-refractivity contribution >= 4 is 17.4 Å². The second kappa shape index (κ2) is 6.01. The van der Waals surface area contributed by atoms with Crippen LogP contribution in [0.15, 0.2) is 77.2 Å². The number of carbonyl (C=O) groups excluding carboxylic acids is 1. The molecule has 0 aliphatic carbocycles. The molecule has 0 spiro atoms. The van der Waals surface area contributed by atoms with Gasteiger partial charge in [-0.1, -0.05) is 36.4 Å². The maximum Gasteiger partial charge on any atom is 0.228 e. The van der Waals surface area contributed by atoms with Crippen molar-refractivity contribution in [3.05, 3.63) is 78.4 Å². The first-order chi connectivity index (χ1) is 11.8. The van der Waals surface area contributed by atoms with Gasteiger partial charge in [0.1, 0.15) is 17.0 Å². The lowest BCUT2D eigenvalue weighted by atomic mass is 10.1. The Kier molecular flexibility index (Phi) is 3.56. The second-order valence-electron chi connectivity index (χ2n) is 5.27. The van der Waals surface area contributed by atoms with Gasteiger partial charge in [-0.25, -0.2) is 4.98 Å². The Hall–Kier alpha value is -3.40. The second-order valence-corrected chi connectivity index (χ2v) is 5.27. The van der Waals surface area contributed by atoms with Crippen LogP contribution in [0.2, 0.25) is 0 Å². The SMILES string of the molecule is O=Cc1ccccc1-c1nc2cc(Oc3ccccc3)ccc2o1. The molecule has 0 aliphatic rings. The van der Waals surface area contributed by atoms with E-state index in [0.29, 0.717) is 33.9 Å². The minimum absolute atomic E-state index is 0.421. The Morgan fingerprint density at radius 3 is 2.50 bits per heavy atom. The molecule has 3 aromatic carbocycles. The first-order valence-corrected chi connectivity index (χ1v) is 7.51. The minimum Gasteiger partial charge on any atom is -0.457 e. The summed E-state index contributed by atoms with van der Waals surface area (Å²) in [4.78, 5) is 15.7. The summed E-state index contributed by atoms with van der Waals surface area (Å²) in [6.07, 6.45) is 0.800. The molecule has 0 amide bonds. The van der Waals surface area contributed by atoms with Crippen molar-refractivity contribution in [2.45, 2.75) is 0 Å². The van der Waals surface area contributed by atoms with Crippen molar-refractivity contribution in [1.29, 1.82) is 0 Å². The Morgan fingerprint density at radius 2 is 1.67 bits per heavy atom. The molecule has 4 aromatic rings. The molecule has 0 bridgehead atoms. The average molecular weight is 315 g/mol. The van der Waals surface area contributed by atoms with Crippen LogP contribution in [0.3, 0.4) is 0 Å². The fourth-order valence-corrected chi connectivity index (χ4v) is 2.51.